The van der Waals surface area contributed by atoms with Gasteiger partial charge in [0, 0.05) is 6.54 Å². The molecule has 3 atom stereocenters. The maximum Gasteiger partial charge on any atom is 0.410 e. The first kappa shape index (κ1) is 30.1. The van der Waals surface area contributed by atoms with Gasteiger partial charge in [-0.15, -0.1) is 0 Å². The molecule has 2 aromatic carbocycles. The van der Waals surface area contributed by atoms with Crippen molar-refractivity contribution in [3.05, 3.63) is 46.3 Å². The first-order valence-electron chi connectivity index (χ1n) is 14.5. The lowest BCUT2D eigenvalue weighted by molar-refractivity contribution is -0.383. The Morgan fingerprint density at radius 3 is 2.58 bits per heavy atom. The lowest BCUT2D eigenvalue weighted by atomic mass is 9.93. The molecular weight excluding hydrogens is 559 g/mol. The van der Waals surface area contributed by atoms with E-state index >= 15 is 0 Å². The van der Waals surface area contributed by atoms with Crippen LogP contribution in [0.15, 0.2) is 30.6 Å². The van der Waals surface area contributed by atoms with E-state index in [1.54, 1.807) is 50.2 Å². The molecule has 0 unspecified atom stereocenters. The number of rotatable bonds is 7. The number of aromatic nitrogens is 2. The van der Waals surface area contributed by atoms with Crippen LogP contribution in [0.4, 0.5) is 20.6 Å². The number of amides is 2. The van der Waals surface area contributed by atoms with Crippen LogP contribution in [0.3, 0.4) is 0 Å². The summed E-state index contributed by atoms with van der Waals surface area (Å²) in [5.41, 5.74) is 11.7. The van der Waals surface area contributed by atoms with Gasteiger partial charge in [-0.05, 0) is 70.2 Å². The molecule has 2 amide bonds. The molecule has 0 spiro atoms. The number of nitrogen functional groups attached to an aromatic ring is 1. The minimum Gasteiger partial charge on any atom is -0.490 e. The van der Waals surface area contributed by atoms with Crippen molar-refractivity contribution in [2.45, 2.75) is 83.2 Å². The van der Waals surface area contributed by atoms with Gasteiger partial charge in [0.15, 0.2) is 0 Å². The third kappa shape index (κ3) is 6.06. The quantitative estimate of drug-likeness (QED) is 0.204. The number of carbonyl (C=O) groups is 2. The van der Waals surface area contributed by atoms with E-state index < -0.39 is 40.1 Å². The number of halogens is 1. The fourth-order valence-corrected chi connectivity index (χ4v) is 6.05. The van der Waals surface area contributed by atoms with Crippen LogP contribution in [0.25, 0.3) is 22.2 Å². The highest BCUT2D eigenvalue weighted by atomic mass is 19.1. The highest BCUT2D eigenvalue weighted by Crippen LogP contribution is 2.43. The summed E-state index contributed by atoms with van der Waals surface area (Å²) >= 11 is 0. The van der Waals surface area contributed by atoms with Gasteiger partial charge < -0.3 is 30.4 Å². The first-order valence-corrected chi connectivity index (χ1v) is 14.5. The molecule has 1 saturated heterocycles. The number of primary amides is 1. The Hall–Kier alpha value is -4.42. The third-order valence-electron chi connectivity index (χ3n) is 8.06. The Labute approximate surface area is 248 Å². The van der Waals surface area contributed by atoms with E-state index in [9.17, 15) is 24.1 Å². The highest BCUT2D eigenvalue weighted by molar-refractivity contribution is 6.05. The minimum atomic E-state index is -0.986. The molecule has 2 aliphatic rings. The number of nitro benzene ring substituents is 1. The van der Waals surface area contributed by atoms with Crippen LogP contribution in [0.2, 0.25) is 0 Å². The molecule has 0 bridgehead atoms. The summed E-state index contributed by atoms with van der Waals surface area (Å²) < 4.78 is 28.1. The van der Waals surface area contributed by atoms with Crippen molar-refractivity contribution < 1.29 is 28.4 Å². The molecule has 2 fully saturated rings. The Bertz CT molecular complexity index is 1570. The second-order valence-corrected chi connectivity index (χ2v) is 12.2. The predicted octanol–water partition coefficient (Wildman–Crippen LogP) is 5.52. The smallest absolute Gasteiger partial charge is 0.410 e. The maximum absolute atomic E-state index is 14.7. The van der Waals surface area contributed by atoms with Crippen LogP contribution in [0.5, 0.6) is 5.75 Å². The standard InChI is InChI=1S/C30H37FN6O6/c1-30(2,3)43-29(39)35-12-6-7-18(35)15-42-24-14-19(27(37(40)41)26(32)25(24)28(33)38)17-10-11-23-21(13-17)34-16-36(23)22-9-5-4-8-20(22)31/h10-11,13-14,16,18,20,22H,4-9,12,15,32H2,1-3H3,(H2,33,38)/t18-,20-,22-/m1/s1. The summed E-state index contributed by atoms with van der Waals surface area (Å²) in [4.78, 5) is 42.8. The molecule has 0 radical (unpaired) electrons. The van der Waals surface area contributed by atoms with Crippen molar-refractivity contribution in [2.24, 2.45) is 5.73 Å². The minimum absolute atomic E-state index is 0.00849. The van der Waals surface area contributed by atoms with Crippen LogP contribution in [0, 0.1) is 10.1 Å². The molecule has 43 heavy (non-hydrogen) atoms. The number of hydrogen-bond donors (Lipinski definition) is 2. The zero-order chi connectivity index (χ0) is 31.1. The molecule has 3 aromatic rings. The van der Waals surface area contributed by atoms with E-state index in [1.807, 2.05) is 4.57 Å². The van der Waals surface area contributed by atoms with Crippen LogP contribution in [0.1, 0.15) is 75.7 Å². The molecule has 12 nitrogen and oxygen atoms in total. The number of anilines is 1. The number of hydrogen-bond acceptors (Lipinski definition) is 8. The summed E-state index contributed by atoms with van der Waals surface area (Å²) in [7, 11) is 0. The lowest BCUT2D eigenvalue weighted by Gasteiger charge is -2.28. The summed E-state index contributed by atoms with van der Waals surface area (Å²) in [5.74, 6) is -1.02. The number of fused-ring (bicyclic) bond motifs is 1. The fourth-order valence-electron chi connectivity index (χ4n) is 6.05. The van der Waals surface area contributed by atoms with Gasteiger partial charge in [0.2, 0.25) is 0 Å². The highest BCUT2D eigenvalue weighted by Gasteiger charge is 2.34. The first-order chi connectivity index (χ1) is 20.4. The Kier molecular flexibility index (Phi) is 8.17. The van der Waals surface area contributed by atoms with Crippen molar-refractivity contribution in [3.63, 3.8) is 0 Å². The molecule has 1 aliphatic carbocycles. The van der Waals surface area contributed by atoms with Gasteiger partial charge in [-0.25, -0.2) is 14.2 Å². The average molecular weight is 597 g/mol. The van der Waals surface area contributed by atoms with Gasteiger partial charge in [-0.1, -0.05) is 18.9 Å². The van der Waals surface area contributed by atoms with E-state index in [0.29, 0.717) is 42.4 Å². The number of nitrogens with zero attached hydrogens (tertiary/aromatic N) is 4. The van der Waals surface area contributed by atoms with Gasteiger partial charge in [-0.3, -0.25) is 14.9 Å². The molecule has 2 heterocycles. The molecule has 5 rings (SSSR count). The van der Waals surface area contributed by atoms with E-state index in [2.05, 4.69) is 4.98 Å². The van der Waals surface area contributed by atoms with E-state index in [1.165, 1.54) is 6.07 Å². The van der Waals surface area contributed by atoms with E-state index in [4.69, 9.17) is 20.9 Å². The second kappa shape index (κ2) is 11.7. The number of ether oxygens (including phenoxy) is 2. The molecular formula is C30H37FN6O6. The summed E-state index contributed by atoms with van der Waals surface area (Å²) in [6.07, 6.45) is 4.52. The maximum atomic E-state index is 14.7. The number of nitrogens with two attached hydrogens (primary N) is 2. The zero-order valence-corrected chi connectivity index (χ0v) is 24.5. The monoisotopic (exact) mass is 596 g/mol. The molecule has 4 N–H and O–H groups in total. The molecule has 1 aromatic heterocycles. The van der Waals surface area contributed by atoms with Crippen molar-refractivity contribution in [2.75, 3.05) is 18.9 Å². The van der Waals surface area contributed by atoms with Crippen LogP contribution < -0.4 is 16.2 Å². The summed E-state index contributed by atoms with van der Waals surface area (Å²) in [6.45, 7) is 5.81. The fraction of sp³-hybridized carbons (Fsp3) is 0.500. The average Bonchev–Trinajstić information content (AvgIpc) is 3.57. The molecule has 1 saturated carbocycles. The summed E-state index contributed by atoms with van der Waals surface area (Å²) in [6, 6.07) is 5.79. The van der Waals surface area contributed by atoms with Gasteiger partial charge >= 0.3 is 11.8 Å². The number of alkyl halides is 1. The zero-order valence-electron chi connectivity index (χ0n) is 24.5. The number of nitro groups is 1. The number of likely N-dealkylation sites (tertiary alicyclic amines) is 1. The van der Waals surface area contributed by atoms with Crippen molar-refractivity contribution >= 4 is 34.4 Å². The van der Waals surface area contributed by atoms with Gasteiger partial charge in [0.05, 0.1) is 39.9 Å². The Balaban J connectivity index is 1.50. The van der Waals surface area contributed by atoms with Crippen LogP contribution in [-0.4, -0.2) is 62.3 Å². The SMILES string of the molecule is CC(C)(C)OC(=O)N1CCC[C@@H]1COc1cc(-c2ccc3c(c2)ncn3[C@@H]2CCCC[C@H]2F)c([N+](=O)[O-])c(N)c1C(N)=O. The van der Waals surface area contributed by atoms with E-state index in [-0.39, 0.29) is 35.6 Å². The number of imidazole rings is 1. The third-order valence-corrected chi connectivity index (χ3v) is 8.06. The second-order valence-electron chi connectivity index (χ2n) is 12.2. The van der Waals surface area contributed by atoms with Crippen LogP contribution >= 0.6 is 0 Å². The molecule has 1 aliphatic heterocycles. The van der Waals surface area contributed by atoms with Gasteiger partial charge in [0.25, 0.3) is 5.91 Å². The number of carbonyl (C=O) groups excluding carboxylic acids is 2. The topological polar surface area (TPSA) is 169 Å². The van der Waals surface area contributed by atoms with Gasteiger partial charge in [-0.2, -0.15) is 0 Å². The van der Waals surface area contributed by atoms with E-state index in [0.717, 1.165) is 19.3 Å². The Morgan fingerprint density at radius 1 is 1.16 bits per heavy atom. The summed E-state index contributed by atoms with van der Waals surface area (Å²) in [5, 5.41) is 12.2. The van der Waals surface area contributed by atoms with Crippen molar-refractivity contribution in [3.8, 4) is 16.9 Å². The Morgan fingerprint density at radius 2 is 1.91 bits per heavy atom. The molecule has 230 valence electrons. The predicted molar refractivity (Wildman–Crippen MR) is 159 cm³/mol. The van der Waals surface area contributed by atoms with Crippen molar-refractivity contribution in [1.82, 2.24) is 14.5 Å². The van der Waals surface area contributed by atoms with Crippen molar-refractivity contribution in [1.29, 1.82) is 0 Å². The van der Waals surface area contributed by atoms with Crippen LogP contribution in [-0.2, 0) is 4.74 Å². The largest absolute Gasteiger partial charge is 0.490 e. The van der Waals surface area contributed by atoms with Gasteiger partial charge in [0.1, 0.15) is 35.4 Å². The number of benzene rings is 2. The molecule has 13 heteroatoms. The lowest BCUT2D eigenvalue weighted by Crippen LogP contribution is -2.42. The normalized spacial score (nSPS) is 20.7.